The minimum absolute atomic E-state index is 0.0456. The molecule has 0 aromatic rings. The van der Waals surface area contributed by atoms with Gasteiger partial charge in [0.1, 0.15) is 0 Å². The van der Waals surface area contributed by atoms with Gasteiger partial charge in [0, 0.05) is 6.42 Å². The summed E-state index contributed by atoms with van der Waals surface area (Å²) in [7, 11) is 0. The lowest BCUT2D eigenvalue weighted by Crippen LogP contribution is -2.40. The Hall–Kier alpha value is -0.180. The second-order valence-electron chi connectivity index (χ2n) is 5.43. The summed E-state index contributed by atoms with van der Waals surface area (Å²) in [6.07, 6.45) is -0.216. The van der Waals surface area contributed by atoms with Crippen LogP contribution < -0.4 is 0 Å². The molecule has 0 radical (unpaired) electrons. The molecule has 0 aliphatic heterocycles. The number of hydrogen-bond donors (Lipinski definition) is 0. The maximum Gasteiger partial charge on any atom is 0.247 e. The molecule has 0 rings (SSSR count). The van der Waals surface area contributed by atoms with Gasteiger partial charge >= 0.3 is 0 Å². The van der Waals surface area contributed by atoms with Crippen molar-refractivity contribution < 1.29 is 13.5 Å². The lowest BCUT2D eigenvalue weighted by Gasteiger charge is -2.38. The maximum absolute atomic E-state index is 12.5. The molecule has 0 saturated heterocycles. The van der Waals surface area contributed by atoms with Crippen molar-refractivity contribution in [1.82, 2.24) is 0 Å². The average molecular weight is 208 g/mol. The molecule has 0 aromatic heterocycles. The van der Waals surface area contributed by atoms with Crippen LogP contribution in [0.1, 0.15) is 48.0 Å². The number of hydrogen-bond acceptors (Lipinski definition) is 1. The summed E-state index contributed by atoms with van der Waals surface area (Å²) in [6, 6.07) is 0. The van der Waals surface area contributed by atoms with Crippen molar-refractivity contribution in [1.29, 1.82) is 0 Å². The quantitative estimate of drug-likeness (QED) is 0.681. The van der Waals surface area contributed by atoms with Crippen LogP contribution in [0.15, 0.2) is 0 Å². The molecule has 14 heavy (non-hydrogen) atoms. The summed E-state index contributed by atoms with van der Waals surface area (Å²) < 4.78 is 30.5. The van der Waals surface area contributed by atoms with Gasteiger partial charge in [-0.3, -0.25) is 0 Å². The van der Waals surface area contributed by atoms with Gasteiger partial charge in [-0.05, 0) is 26.2 Å². The van der Waals surface area contributed by atoms with E-state index >= 15 is 0 Å². The maximum atomic E-state index is 12.5. The van der Waals surface area contributed by atoms with Crippen molar-refractivity contribution in [3.8, 4) is 0 Å². The number of ether oxygens (including phenoxy) is 1. The molecular formula is C11H22F2O. The topological polar surface area (TPSA) is 9.23 Å². The molecule has 0 spiro atoms. The van der Waals surface area contributed by atoms with Gasteiger partial charge in [0.2, 0.25) is 5.92 Å². The molecule has 3 heteroatoms. The Labute approximate surface area is 85.8 Å². The third-order valence-electron chi connectivity index (χ3n) is 2.81. The van der Waals surface area contributed by atoms with Crippen LogP contribution in [0.3, 0.4) is 0 Å². The zero-order valence-corrected chi connectivity index (χ0v) is 10.1. The Balaban J connectivity index is 4.02. The molecule has 1 nitrogen and oxygen atoms in total. The van der Waals surface area contributed by atoms with Gasteiger partial charge in [-0.1, -0.05) is 20.8 Å². The van der Waals surface area contributed by atoms with Gasteiger partial charge in [-0.2, -0.15) is 0 Å². The van der Waals surface area contributed by atoms with Gasteiger partial charge < -0.3 is 4.74 Å². The third kappa shape index (κ3) is 4.89. The highest BCUT2D eigenvalue weighted by molar-refractivity contribution is 4.83. The fourth-order valence-electron chi connectivity index (χ4n) is 0.702. The van der Waals surface area contributed by atoms with E-state index in [0.29, 0.717) is 0 Å². The normalized spacial score (nSPS) is 14.6. The predicted molar refractivity (Wildman–Crippen MR) is 54.7 cm³/mol. The van der Waals surface area contributed by atoms with E-state index in [9.17, 15) is 8.78 Å². The van der Waals surface area contributed by atoms with E-state index in [-0.39, 0.29) is 24.0 Å². The second-order valence-corrected chi connectivity index (χ2v) is 5.43. The van der Waals surface area contributed by atoms with Crippen LogP contribution in [0.2, 0.25) is 0 Å². The van der Waals surface area contributed by atoms with Gasteiger partial charge in [0.05, 0.1) is 12.2 Å². The summed E-state index contributed by atoms with van der Waals surface area (Å²) in [5, 5.41) is 0. The molecule has 0 amide bonds. The molecule has 0 saturated carbocycles. The largest absolute Gasteiger partial charge is 0.375 e. The van der Waals surface area contributed by atoms with E-state index in [1.54, 1.807) is 0 Å². The second kappa shape index (κ2) is 4.13. The molecule has 0 unspecified atom stereocenters. The Morgan fingerprint density at radius 2 is 1.36 bits per heavy atom. The van der Waals surface area contributed by atoms with Gasteiger partial charge in [-0.25, -0.2) is 8.78 Å². The Kier molecular flexibility index (Phi) is 4.08. The SMILES string of the molecule is CC(F)(F)CCOC(C)(C)C(C)(C)C. The summed E-state index contributed by atoms with van der Waals surface area (Å²) >= 11 is 0. The first-order chi connectivity index (χ1) is 5.96. The zero-order chi connectivity index (χ0) is 11.6. The van der Waals surface area contributed by atoms with Crippen LogP contribution in [0.4, 0.5) is 8.78 Å². The highest BCUT2D eigenvalue weighted by Gasteiger charge is 2.34. The lowest BCUT2D eigenvalue weighted by molar-refractivity contribution is -0.111. The number of rotatable bonds is 4. The summed E-state index contributed by atoms with van der Waals surface area (Å²) in [4.78, 5) is 0. The first-order valence-electron chi connectivity index (χ1n) is 4.97. The van der Waals surface area contributed by atoms with Gasteiger partial charge in [-0.15, -0.1) is 0 Å². The van der Waals surface area contributed by atoms with E-state index in [2.05, 4.69) is 0 Å². The van der Waals surface area contributed by atoms with Gasteiger partial charge in [0.15, 0.2) is 0 Å². The fraction of sp³-hybridized carbons (Fsp3) is 1.00. The molecule has 0 fully saturated rings. The van der Waals surface area contributed by atoms with E-state index in [1.807, 2.05) is 34.6 Å². The highest BCUT2D eigenvalue weighted by atomic mass is 19.3. The fourth-order valence-corrected chi connectivity index (χ4v) is 0.702. The third-order valence-corrected chi connectivity index (χ3v) is 2.81. The molecule has 0 aliphatic carbocycles. The Morgan fingerprint density at radius 3 is 1.64 bits per heavy atom. The zero-order valence-electron chi connectivity index (χ0n) is 10.1. The smallest absolute Gasteiger partial charge is 0.247 e. The monoisotopic (exact) mass is 208 g/mol. The Morgan fingerprint density at radius 1 is 0.929 bits per heavy atom. The lowest BCUT2D eigenvalue weighted by atomic mass is 9.79. The van der Waals surface area contributed by atoms with Crippen molar-refractivity contribution in [2.45, 2.75) is 59.5 Å². The first-order valence-corrected chi connectivity index (χ1v) is 4.97. The summed E-state index contributed by atoms with van der Waals surface area (Å²) in [5.74, 6) is -2.63. The van der Waals surface area contributed by atoms with Crippen molar-refractivity contribution in [3.05, 3.63) is 0 Å². The van der Waals surface area contributed by atoms with Crippen LogP contribution in [0.5, 0.6) is 0 Å². The van der Waals surface area contributed by atoms with Crippen LogP contribution in [0, 0.1) is 5.41 Å². The molecule has 0 aliphatic rings. The van der Waals surface area contributed by atoms with Crippen LogP contribution >= 0.6 is 0 Å². The van der Waals surface area contributed by atoms with Crippen molar-refractivity contribution in [2.75, 3.05) is 6.61 Å². The molecule has 86 valence electrons. The summed E-state index contributed by atoms with van der Waals surface area (Å²) in [5.41, 5.74) is -0.422. The Bertz CT molecular complexity index is 175. The van der Waals surface area contributed by atoms with Crippen molar-refractivity contribution >= 4 is 0 Å². The number of halogens is 2. The van der Waals surface area contributed by atoms with E-state index in [0.717, 1.165) is 6.92 Å². The molecule has 0 bridgehead atoms. The van der Waals surface area contributed by atoms with Gasteiger partial charge in [0.25, 0.3) is 0 Å². The van der Waals surface area contributed by atoms with Crippen molar-refractivity contribution in [3.63, 3.8) is 0 Å². The minimum atomic E-state index is -2.63. The van der Waals surface area contributed by atoms with Crippen molar-refractivity contribution in [2.24, 2.45) is 5.41 Å². The molecule has 0 atom stereocenters. The number of alkyl halides is 2. The van der Waals surface area contributed by atoms with Crippen LogP contribution in [0.25, 0.3) is 0 Å². The molecular weight excluding hydrogens is 186 g/mol. The minimum Gasteiger partial charge on any atom is -0.375 e. The predicted octanol–water partition coefficient (Wildman–Crippen LogP) is 3.87. The highest BCUT2D eigenvalue weighted by Crippen LogP contribution is 2.33. The van der Waals surface area contributed by atoms with Crippen LogP contribution in [-0.2, 0) is 4.74 Å². The standard InChI is InChI=1S/C11H22F2O/c1-9(2,3)10(4,5)14-8-7-11(6,12)13/h7-8H2,1-6H3. The first kappa shape index (κ1) is 13.8. The van der Waals surface area contributed by atoms with E-state index in [1.165, 1.54) is 0 Å². The van der Waals surface area contributed by atoms with Crippen LogP contribution in [-0.4, -0.2) is 18.1 Å². The average Bonchev–Trinajstić information content (AvgIpc) is 1.80. The summed E-state index contributed by atoms with van der Waals surface area (Å²) in [6.45, 7) is 11.0. The van der Waals surface area contributed by atoms with E-state index in [4.69, 9.17) is 4.74 Å². The van der Waals surface area contributed by atoms with E-state index < -0.39 is 5.92 Å². The molecule has 0 N–H and O–H groups in total. The molecule has 0 heterocycles. The molecule has 0 aromatic carbocycles.